The molecule has 0 atom stereocenters. The van der Waals surface area contributed by atoms with Crippen LogP contribution in [0.5, 0.6) is 0 Å². The lowest BCUT2D eigenvalue weighted by Crippen LogP contribution is -2.22. The van der Waals surface area contributed by atoms with Crippen molar-refractivity contribution in [3.8, 4) is 0 Å². The smallest absolute Gasteiger partial charge is 0.210 e. The minimum atomic E-state index is -3.38. The standard InChI is InChI=1S/C10H16N2O2S/c1-8-4-3-5-10(9(8)2)12-6-7-15(11,13)14/h3-5,12H,6-7H2,1-2H3,(H2,11,13,14). The zero-order valence-corrected chi connectivity index (χ0v) is 9.76. The van der Waals surface area contributed by atoms with Crippen LogP contribution in [0.15, 0.2) is 18.2 Å². The van der Waals surface area contributed by atoms with Crippen LogP contribution in [0.4, 0.5) is 5.69 Å². The normalized spacial score (nSPS) is 11.4. The quantitative estimate of drug-likeness (QED) is 0.807. The van der Waals surface area contributed by atoms with E-state index in [4.69, 9.17) is 5.14 Å². The summed E-state index contributed by atoms with van der Waals surface area (Å²) in [5, 5.41) is 7.95. The van der Waals surface area contributed by atoms with Crippen LogP contribution >= 0.6 is 0 Å². The van der Waals surface area contributed by atoms with E-state index in [-0.39, 0.29) is 5.75 Å². The number of nitrogens with two attached hydrogens (primary N) is 1. The molecular formula is C10H16N2O2S. The highest BCUT2D eigenvalue weighted by atomic mass is 32.2. The maximum Gasteiger partial charge on any atom is 0.210 e. The number of rotatable bonds is 4. The van der Waals surface area contributed by atoms with Crippen molar-refractivity contribution < 1.29 is 8.42 Å². The number of hydrogen-bond donors (Lipinski definition) is 2. The first-order valence-corrected chi connectivity index (χ1v) is 6.42. The van der Waals surface area contributed by atoms with Gasteiger partial charge in [0.1, 0.15) is 0 Å². The molecule has 1 rings (SSSR count). The Morgan fingerprint density at radius 3 is 2.60 bits per heavy atom. The molecule has 1 aromatic rings. The van der Waals surface area contributed by atoms with Crippen LogP contribution in [0.2, 0.25) is 0 Å². The first-order valence-electron chi connectivity index (χ1n) is 4.71. The van der Waals surface area contributed by atoms with Gasteiger partial charge in [-0.05, 0) is 31.0 Å². The molecule has 0 aromatic heterocycles. The fraction of sp³-hybridized carbons (Fsp3) is 0.400. The summed E-state index contributed by atoms with van der Waals surface area (Å²) < 4.78 is 21.4. The molecule has 15 heavy (non-hydrogen) atoms. The summed E-state index contributed by atoms with van der Waals surface area (Å²) in [5.41, 5.74) is 3.26. The zero-order chi connectivity index (χ0) is 11.5. The Kier molecular flexibility index (Phi) is 3.71. The third kappa shape index (κ3) is 3.89. The molecule has 0 aliphatic carbocycles. The van der Waals surface area contributed by atoms with E-state index in [9.17, 15) is 8.42 Å². The molecule has 0 aliphatic heterocycles. The van der Waals surface area contributed by atoms with Crippen LogP contribution in [-0.2, 0) is 10.0 Å². The summed E-state index contributed by atoms with van der Waals surface area (Å²) in [5.74, 6) is -0.0552. The van der Waals surface area contributed by atoms with E-state index in [0.717, 1.165) is 11.3 Å². The largest absolute Gasteiger partial charge is 0.384 e. The van der Waals surface area contributed by atoms with Gasteiger partial charge in [-0.3, -0.25) is 0 Å². The molecule has 0 amide bonds. The first-order chi connectivity index (χ1) is 6.90. The number of sulfonamides is 1. The van der Waals surface area contributed by atoms with Gasteiger partial charge in [-0.2, -0.15) is 0 Å². The summed E-state index contributed by atoms with van der Waals surface area (Å²) >= 11 is 0. The molecular weight excluding hydrogens is 212 g/mol. The fourth-order valence-corrected chi connectivity index (χ4v) is 1.66. The lowest BCUT2D eigenvalue weighted by Gasteiger charge is -2.10. The minimum Gasteiger partial charge on any atom is -0.384 e. The second-order valence-electron chi connectivity index (χ2n) is 3.54. The van der Waals surface area contributed by atoms with E-state index in [1.165, 1.54) is 5.56 Å². The van der Waals surface area contributed by atoms with Crippen LogP contribution in [0, 0.1) is 13.8 Å². The lowest BCUT2D eigenvalue weighted by atomic mass is 10.1. The summed E-state index contributed by atoms with van der Waals surface area (Å²) in [6.45, 7) is 4.35. The molecule has 0 fully saturated rings. The molecule has 0 unspecified atom stereocenters. The van der Waals surface area contributed by atoms with Crippen molar-refractivity contribution in [2.45, 2.75) is 13.8 Å². The maximum atomic E-state index is 10.7. The van der Waals surface area contributed by atoms with Crippen molar-refractivity contribution in [1.82, 2.24) is 0 Å². The molecule has 0 saturated heterocycles. The van der Waals surface area contributed by atoms with Gasteiger partial charge >= 0.3 is 0 Å². The Hall–Kier alpha value is -1.07. The van der Waals surface area contributed by atoms with Gasteiger partial charge in [0.2, 0.25) is 10.0 Å². The SMILES string of the molecule is Cc1cccc(NCCS(N)(=O)=O)c1C. The zero-order valence-electron chi connectivity index (χ0n) is 8.95. The second-order valence-corrected chi connectivity index (χ2v) is 5.28. The summed E-state index contributed by atoms with van der Waals surface area (Å²) in [7, 11) is -3.38. The Morgan fingerprint density at radius 2 is 2.00 bits per heavy atom. The van der Waals surface area contributed by atoms with Crippen molar-refractivity contribution in [3.05, 3.63) is 29.3 Å². The van der Waals surface area contributed by atoms with Gasteiger partial charge in [0.25, 0.3) is 0 Å². The van der Waals surface area contributed by atoms with Gasteiger partial charge in [0.15, 0.2) is 0 Å². The van der Waals surface area contributed by atoms with E-state index in [2.05, 4.69) is 5.32 Å². The molecule has 0 heterocycles. The maximum absolute atomic E-state index is 10.7. The van der Waals surface area contributed by atoms with E-state index >= 15 is 0 Å². The van der Waals surface area contributed by atoms with Crippen molar-refractivity contribution in [2.24, 2.45) is 5.14 Å². The average Bonchev–Trinajstić information content (AvgIpc) is 2.10. The molecule has 4 nitrogen and oxygen atoms in total. The van der Waals surface area contributed by atoms with Crippen LogP contribution in [0.1, 0.15) is 11.1 Å². The van der Waals surface area contributed by atoms with Crippen molar-refractivity contribution in [3.63, 3.8) is 0 Å². The third-order valence-electron chi connectivity index (χ3n) is 2.31. The number of benzene rings is 1. The van der Waals surface area contributed by atoms with Crippen molar-refractivity contribution in [2.75, 3.05) is 17.6 Å². The van der Waals surface area contributed by atoms with Gasteiger partial charge in [-0.1, -0.05) is 12.1 Å². The van der Waals surface area contributed by atoms with Crippen molar-refractivity contribution in [1.29, 1.82) is 0 Å². The highest BCUT2D eigenvalue weighted by Gasteiger charge is 2.03. The number of anilines is 1. The average molecular weight is 228 g/mol. The minimum absolute atomic E-state index is 0.0552. The van der Waals surface area contributed by atoms with Crippen molar-refractivity contribution >= 4 is 15.7 Å². The van der Waals surface area contributed by atoms with E-state index in [1.807, 2.05) is 32.0 Å². The van der Waals surface area contributed by atoms with Gasteiger partial charge in [0.05, 0.1) is 5.75 Å². The molecule has 5 heteroatoms. The predicted molar refractivity (Wildman–Crippen MR) is 62.4 cm³/mol. The van der Waals surface area contributed by atoms with Gasteiger partial charge in [-0.25, -0.2) is 13.6 Å². The molecule has 0 saturated carbocycles. The monoisotopic (exact) mass is 228 g/mol. The lowest BCUT2D eigenvalue weighted by molar-refractivity contribution is 0.598. The molecule has 0 aliphatic rings. The summed E-state index contributed by atoms with van der Waals surface area (Å²) in [6.07, 6.45) is 0. The highest BCUT2D eigenvalue weighted by molar-refractivity contribution is 7.89. The van der Waals surface area contributed by atoms with Crippen LogP contribution in [0.3, 0.4) is 0 Å². The predicted octanol–water partition coefficient (Wildman–Crippen LogP) is 1.00. The molecule has 3 N–H and O–H groups in total. The Bertz CT molecular complexity index is 441. The number of aryl methyl sites for hydroxylation is 1. The Balaban J connectivity index is 2.62. The highest BCUT2D eigenvalue weighted by Crippen LogP contribution is 2.17. The van der Waals surface area contributed by atoms with Gasteiger partial charge in [-0.15, -0.1) is 0 Å². The molecule has 0 radical (unpaired) electrons. The van der Waals surface area contributed by atoms with Crippen LogP contribution in [0.25, 0.3) is 0 Å². The van der Waals surface area contributed by atoms with E-state index in [1.54, 1.807) is 0 Å². The van der Waals surface area contributed by atoms with Gasteiger partial charge in [0, 0.05) is 12.2 Å². The Labute approximate surface area is 90.5 Å². The molecule has 0 spiro atoms. The number of nitrogens with one attached hydrogen (secondary N) is 1. The number of primary sulfonamides is 1. The number of hydrogen-bond acceptors (Lipinski definition) is 3. The molecule has 84 valence electrons. The summed E-state index contributed by atoms with van der Waals surface area (Å²) in [6, 6.07) is 5.87. The van der Waals surface area contributed by atoms with Gasteiger partial charge < -0.3 is 5.32 Å². The second kappa shape index (κ2) is 4.63. The first kappa shape index (κ1) is 12.0. The van der Waals surface area contributed by atoms with Crippen LogP contribution in [-0.4, -0.2) is 20.7 Å². The van der Waals surface area contributed by atoms with E-state index < -0.39 is 10.0 Å². The topological polar surface area (TPSA) is 72.2 Å². The molecule has 0 bridgehead atoms. The molecule has 1 aromatic carbocycles. The summed E-state index contributed by atoms with van der Waals surface area (Å²) in [4.78, 5) is 0. The third-order valence-corrected chi connectivity index (χ3v) is 3.08. The van der Waals surface area contributed by atoms with E-state index in [0.29, 0.717) is 6.54 Å². The fourth-order valence-electron chi connectivity index (χ4n) is 1.27. The Morgan fingerprint density at radius 1 is 1.33 bits per heavy atom. The van der Waals surface area contributed by atoms with Crippen LogP contribution < -0.4 is 10.5 Å².